The number of rotatable bonds is 1. The van der Waals surface area contributed by atoms with E-state index in [0.717, 1.165) is 19.0 Å². The molecule has 0 spiro atoms. The molecule has 6 heteroatoms. The van der Waals surface area contributed by atoms with Crippen LogP contribution in [0.2, 0.25) is 0 Å². The molecular weight excluding hydrogens is 234 g/mol. The number of alkyl halides is 1. The van der Waals surface area contributed by atoms with Crippen molar-refractivity contribution in [2.45, 2.75) is 17.7 Å². The zero-order valence-corrected chi connectivity index (χ0v) is 9.11. The van der Waals surface area contributed by atoms with Gasteiger partial charge >= 0.3 is 0 Å². The molecule has 0 bridgehead atoms. The standard InChI is InChI=1S/C7H12BrN5/c1-12-7(9-10-11-12)13-4-2-3-6(8)5-13/h6H,2-5H2,1H3. The maximum atomic E-state index is 3.98. The molecule has 1 saturated heterocycles. The molecule has 1 atom stereocenters. The van der Waals surface area contributed by atoms with Crippen LogP contribution in [0.4, 0.5) is 5.95 Å². The van der Waals surface area contributed by atoms with Crippen molar-refractivity contribution in [2.75, 3.05) is 18.0 Å². The Bertz CT molecular complexity index is 286. The third kappa shape index (κ3) is 1.82. The molecule has 72 valence electrons. The summed E-state index contributed by atoms with van der Waals surface area (Å²) in [4.78, 5) is 2.78. The van der Waals surface area contributed by atoms with Gasteiger partial charge in [-0.1, -0.05) is 21.0 Å². The molecule has 2 rings (SSSR count). The van der Waals surface area contributed by atoms with Gasteiger partial charge in [0, 0.05) is 25.0 Å². The topological polar surface area (TPSA) is 46.8 Å². The lowest BCUT2D eigenvalue weighted by Crippen LogP contribution is -2.37. The molecular formula is C7H12BrN5. The molecule has 0 aromatic carbocycles. The maximum Gasteiger partial charge on any atom is 0.245 e. The highest BCUT2D eigenvalue weighted by atomic mass is 79.9. The van der Waals surface area contributed by atoms with Gasteiger partial charge in [-0.05, 0) is 23.3 Å². The summed E-state index contributed by atoms with van der Waals surface area (Å²) in [5, 5.41) is 11.4. The molecule has 0 aliphatic carbocycles. The number of hydrogen-bond acceptors (Lipinski definition) is 4. The fourth-order valence-corrected chi connectivity index (χ4v) is 2.27. The molecule has 0 radical (unpaired) electrons. The maximum absolute atomic E-state index is 3.98. The summed E-state index contributed by atoms with van der Waals surface area (Å²) in [5.74, 6) is 0.865. The monoisotopic (exact) mass is 245 g/mol. The Morgan fingerprint density at radius 3 is 3.00 bits per heavy atom. The Hall–Kier alpha value is -0.650. The molecule has 1 fully saturated rings. The number of hydrogen-bond donors (Lipinski definition) is 0. The van der Waals surface area contributed by atoms with E-state index in [9.17, 15) is 0 Å². The Morgan fingerprint density at radius 1 is 1.54 bits per heavy atom. The molecule has 1 unspecified atom stereocenters. The summed E-state index contributed by atoms with van der Waals surface area (Å²) in [5.41, 5.74) is 0. The van der Waals surface area contributed by atoms with Crippen LogP contribution in [0.15, 0.2) is 0 Å². The number of aryl methyl sites for hydroxylation is 1. The fourth-order valence-electron chi connectivity index (χ4n) is 1.60. The van der Waals surface area contributed by atoms with Gasteiger partial charge in [0.25, 0.3) is 0 Å². The number of tetrazole rings is 1. The van der Waals surface area contributed by atoms with Crippen LogP contribution in [0.3, 0.4) is 0 Å². The quantitative estimate of drug-likeness (QED) is 0.680. The molecule has 5 nitrogen and oxygen atoms in total. The van der Waals surface area contributed by atoms with Crippen LogP contribution in [0.5, 0.6) is 0 Å². The minimum absolute atomic E-state index is 0.568. The van der Waals surface area contributed by atoms with Gasteiger partial charge in [0.15, 0.2) is 0 Å². The second-order valence-corrected chi connectivity index (χ2v) is 4.58. The first-order valence-corrected chi connectivity index (χ1v) is 5.30. The van der Waals surface area contributed by atoms with Gasteiger partial charge in [-0.3, -0.25) is 0 Å². The van der Waals surface area contributed by atoms with Gasteiger partial charge < -0.3 is 4.90 Å². The summed E-state index contributed by atoms with van der Waals surface area (Å²) in [6, 6.07) is 0. The Kier molecular flexibility index (Phi) is 2.48. The first-order valence-electron chi connectivity index (χ1n) is 4.39. The molecule has 1 aliphatic rings. The van der Waals surface area contributed by atoms with Gasteiger partial charge in [-0.2, -0.15) is 0 Å². The number of piperidine rings is 1. The van der Waals surface area contributed by atoms with E-state index >= 15 is 0 Å². The van der Waals surface area contributed by atoms with Crippen LogP contribution in [0.25, 0.3) is 0 Å². The predicted octanol–water partition coefficient (Wildman–Crippen LogP) is 0.574. The SMILES string of the molecule is Cn1nnnc1N1CCCC(Br)C1. The second-order valence-electron chi connectivity index (χ2n) is 3.29. The van der Waals surface area contributed by atoms with Crippen molar-refractivity contribution in [1.29, 1.82) is 0 Å². The van der Waals surface area contributed by atoms with E-state index in [1.165, 1.54) is 12.8 Å². The lowest BCUT2D eigenvalue weighted by atomic mass is 10.1. The smallest absolute Gasteiger partial charge is 0.245 e. The third-order valence-corrected chi connectivity index (χ3v) is 2.99. The molecule has 2 heterocycles. The van der Waals surface area contributed by atoms with Crippen molar-refractivity contribution in [3.05, 3.63) is 0 Å². The first kappa shape index (κ1) is 8.93. The average molecular weight is 246 g/mol. The van der Waals surface area contributed by atoms with Crippen LogP contribution in [0, 0.1) is 0 Å². The van der Waals surface area contributed by atoms with Gasteiger partial charge in [0.2, 0.25) is 5.95 Å². The number of aromatic nitrogens is 4. The van der Waals surface area contributed by atoms with Gasteiger partial charge in [-0.25, -0.2) is 4.68 Å². The second kappa shape index (κ2) is 3.61. The Balaban J connectivity index is 2.12. The van der Waals surface area contributed by atoms with Gasteiger partial charge in [0.05, 0.1) is 0 Å². The molecule has 13 heavy (non-hydrogen) atoms. The van der Waals surface area contributed by atoms with Crippen molar-refractivity contribution in [1.82, 2.24) is 20.2 Å². The zero-order chi connectivity index (χ0) is 9.26. The van der Waals surface area contributed by atoms with E-state index in [-0.39, 0.29) is 0 Å². The van der Waals surface area contributed by atoms with Crippen LogP contribution >= 0.6 is 15.9 Å². The first-order chi connectivity index (χ1) is 6.27. The fraction of sp³-hybridized carbons (Fsp3) is 0.857. The Labute approximate surface area is 85.2 Å². The zero-order valence-electron chi connectivity index (χ0n) is 7.52. The number of nitrogens with zero attached hydrogens (tertiary/aromatic N) is 5. The highest BCUT2D eigenvalue weighted by Crippen LogP contribution is 2.20. The van der Waals surface area contributed by atoms with Crippen molar-refractivity contribution < 1.29 is 0 Å². The minimum atomic E-state index is 0.568. The minimum Gasteiger partial charge on any atom is -0.339 e. The summed E-state index contributed by atoms with van der Waals surface area (Å²) in [6.07, 6.45) is 2.44. The molecule has 0 N–H and O–H groups in total. The Morgan fingerprint density at radius 2 is 2.38 bits per heavy atom. The molecule has 0 amide bonds. The van der Waals surface area contributed by atoms with E-state index in [1.807, 2.05) is 7.05 Å². The summed E-state index contributed by atoms with van der Waals surface area (Å²) < 4.78 is 1.71. The average Bonchev–Trinajstić information content (AvgIpc) is 2.51. The van der Waals surface area contributed by atoms with E-state index in [1.54, 1.807) is 4.68 Å². The van der Waals surface area contributed by atoms with Crippen LogP contribution in [-0.4, -0.2) is 38.1 Å². The highest BCUT2D eigenvalue weighted by molar-refractivity contribution is 9.09. The van der Waals surface area contributed by atoms with E-state index in [0.29, 0.717) is 4.83 Å². The molecule has 1 aromatic heterocycles. The predicted molar refractivity (Wildman–Crippen MR) is 53.0 cm³/mol. The third-order valence-electron chi connectivity index (χ3n) is 2.24. The summed E-state index contributed by atoms with van der Waals surface area (Å²) in [7, 11) is 1.87. The molecule has 0 saturated carbocycles. The number of anilines is 1. The van der Waals surface area contributed by atoms with Crippen molar-refractivity contribution >= 4 is 21.9 Å². The van der Waals surface area contributed by atoms with E-state index < -0.39 is 0 Å². The molecule has 1 aromatic rings. The molecule has 1 aliphatic heterocycles. The van der Waals surface area contributed by atoms with Crippen molar-refractivity contribution in [3.8, 4) is 0 Å². The van der Waals surface area contributed by atoms with Crippen LogP contribution < -0.4 is 4.90 Å². The van der Waals surface area contributed by atoms with Crippen molar-refractivity contribution in [2.24, 2.45) is 7.05 Å². The number of halogens is 1. The van der Waals surface area contributed by atoms with Gasteiger partial charge in [0.1, 0.15) is 0 Å². The highest BCUT2D eigenvalue weighted by Gasteiger charge is 2.20. The lowest BCUT2D eigenvalue weighted by molar-refractivity contribution is 0.572. The van der Waals surface area contributed by atoms with E-state index in [2.05, 4.69) is 36.4 Å². The van der Waals surface area contributed by atoms with Crippen molar-refractivity contribution in [3.63, 3.8) is 0 Å². The van der Waals surface area contributed by atoms with Gasteiger partial charge in [-0.15, -0.1) is 0 Å². The normalized spacial score (nSPS) is 23.5. The summed E-state index contributed by atoms with van der Waals surface area (Å²) in [6.45, 7) is 2.05. The van der Waals surface area contributed by atoms with Crippen LogP contribution in [0.1, 0.15) is 12.8 Å². The summed E-state index contributed by atoms with van der Waals surface area (Å²) >= 11 is 3.62. The van der Waals surface area contributed by atoms with E-state index in [4.69, 9.17) is 0 Å². The largest absolute Gasteiger partial charge is 0.339 e. The van der Waals surface area contributed by atoms with Crippen LogP contribution in [-0.2, 0) is 7.05 Å². The lowest BCUT2D eigenvalue weighted by Gasteiger charge is -2.29.